The molecule has 0 unspecified atom stereocenters. The Bertz CT molecular complexity index is 1970. The molecule has 0 saturated heterocycles. The summed E-state index contributed by atoms with van der Waals surface area (Å²) < 4.78 is 7.47. The number of halogens is 9. The van der Waals surface area contributed by atoms with Gasteiger partial charge in [0.2, 0.25) is 0 Å². The van der Waals surface area contributed by atoms with Crippen LogP contribution < -0.4 is 5.56 Å². The molecule has 0 saturated carbocycles. The number of fused-ring (bicyclic) bond motifs is 6. The molecular formula is C25H17Cl9N4O2P2. The minimum absolute atomic E-state index is 0.00865. The largest absolute Gasteiger partial charge is 0.339 e. The summed E-state index contributed by atoms with van der Waals surface area (Å²) in [4.78, 5) is 24.6. The molecule has 4 heterocycles. The Morgan fingerprint density at radius 3 is 1.62 bits per heavy atom. The standard InChI is InChI=1S/C13H10N2O.C12H7ClN2.Cl5P.Cl3OP/c1-15-11(16)7-6-10-5-4-9-3-2-8-14-12(9)13(10)15;13-10-6-5-9-4-3-8-2-1-7-14-11(8)12(9)15-10;1-6(2,3,4)5;1-5(2,3)4/h2-8H,1H3;1-7H;;. The van der Waals surface area contributed by atoms with Gasteiger partial charge in [-0.05, 0) is 64.1 Å². The number of aromatic nitrogens is 4. The van der Waals surface area contributed by atoms with Gasteiger partial charge in [-0.1, -0.05) is 48.0 Å². The number of pyridine rings is 4. The zero-order valence-corrected chi connectivity index (χ0v) is 29.6. The van der Waals surface area contributed by atoms with Gasteiger partial charge >= 0.3 is 64.8 Å². The smallest absolute Gasteiger partial charge is 0.309 e. The molecule has 0 atom stereocenters. The summed E-state index contributed by atoms with van der Waals surface area (Å²) in [7, 11) is 1.78. The molecule has 0 aliphatic rings. The molecule has 0 amide bonds. The summed E-state index contributed by atoms with van der Waals surface area (Å²) in [5.74, 6) is 0. The van der Waals surface area contributed by atoms with E-state index in [-0.39, 0.29) is 5.56 Å². The molecule has 6 rings (SSSR count). The van der Waals surface area contributed by atoms with Gasteiger partial charge in [0.25, 0.3) is 5.56 Å². The maximum absolute atomic E-state index is 11.6. The zero-order valence-electron chi connectivity index (χ0n) is 21.0. The minimum atomic E-state index is -3.69. The number of benzene rings is 2. The molecule has 6 nitrogen and oxygen atoms in total. The van der Waals surface area contributed by atoms with Crippen molar-refractivity contribution in [2.75, 3.05) is 0 Å². The van der Waals surface area contributed by atoms with Crippen LogP contribution in [0, 0.1) is 0 Å². The summed E-state index contributed by atoms with van der Waals surface area (Å²) in [5, 5.41) is 1.51. The molecule has 0 radical (unpaired) electrons. The predicted octanol–water partition coefficient (Wildman–Crippen LogP) is 12.6. The fourth-order valence-electron chi connectivity index (χ4n) is 3.72. The van der Waals surface area contributed by atoms with Crippen LogP contribution in [0.15, 0.2) is 90.0 Å². The van der Waals surface area contributed by atoms with Gasteiger partial charge in [-0.3, -0.25) is 19.3 Å². The van der Waals surface area contributed by atoms with Crippen LogP contribution in [-0.4, -0.2) is 19.5 Å². The van der Waals surface area contributed by atoms with Crippen molar-refractivity contribution in [3.63, 3.8) is 0 Å². The maximum atomic E-state index is 11.6. The van der Waals surface area contributed by atoms with E-state index < -0.39 is 8.57 Å². The molecule has 4 aromatic heterocycles. The van der Waals surface area contributed by atoms with Crippen molar-refractivity contribution < 1.29 is 4.57 Å². The van der Waals surface area contributed by atoms with Crippen LogP contribution in [0.3, 0.4) is 0 Å². The van der Waals surface area contributed by atoms with Crippen molar-refractivity contribution in [3.8, 4) is 0 Å². The Balaban J connectivity index is 0.000000173. The van der Waals surface area contributed by atoms with Crippen LogP contribution in [-0.2, 0) is 11.6 Å². The predicted molar refractivity (Wildman–Crippen MR) is 188 cm³/mol. The fourth-order valence-corrected chi connectivity index (χ4v) is 3.86. The Kier molecular flexibility index (Phi) is 12.3. The third-order valence-electron chi connectivity index (χ3n) is 5.25. The van der Waals surface area contributed by atoms with Crippen LogP contribution in [0.5, 0.6) is 0 Å². The molecule has 0 N–H and O–H groups in total. The van der Waals surface area contributed by atoms with E-state index in [9.17, 15) is 9.36 Å². The summed E-state index contributed by atoms with van der Waals surface area (Å²) in [5.41, 5.74) is 3.52. The number of aryl methyl sites for hydroxylation is 1. The molecule has 0 bridgehead atoms. The number of hydrogen-bond donors (Lipinski definition) is 0. The second-order valence-corrected chi connectivity index (χ2v) is 31.8. The Morgan fingerprint density at radius 2 is 1.07 bits per heavy atom. The van der Waals surface area contributed by atoms with E-state index in [1.165, 1.54) is 0 Å². The van der Waals surface area contributed by atoms with Gasteiger partial charge in [-0.15, -0.1) is 0 Å². The van der Waals surface area contributed by atoms with Crippen LogP contribution in [0.2, 0.25) is 5.15 Å². The summed E-state index contributed by atoms with van der Waals surface area (Å²) >= 11 is 44.6. The van der Waals surface area contributed by atoms with Crippen LogP contribution >= 0.6 is 110 Å². The number of hydrogen-bond acceptors (Lipinski definition) is 5. The first-order valence-corrected chi connectivity index (χ1v) is 22.8. The van der Waals surface area contributed by atoms with E-state index in [0.29, 0.717) is 5.15 Å². The first-order chi connectivity index (χ1) is 19.4. The Labute approximate surface area is 283 Å². The van der Waals surface area contributed by atoms with E-state index in [4.69, 9.17) is 67.8 Å². The SMILES string of the molecule is ClP(Cl)(Cl)(Cl)Cl.Clc1ccc2ccc3cccnc3c2n1.Cn1c(=O)ccc2ccc3cccnc3c21.O=P(Cl)(Cl)Cl. The van der Waals surface area contributed by atoms with E-state index >= 15 is 0 Å². The third-order valence-corrected chi connectivity index (χ3v) is 5.46. The average molecular weight is 786 g/mol. The monoisotopic (exact) mass is 782 g/mol. The third kappa shape index (κ3) is 11.9. The number of rotatable bonds is 0. The molecule has 0 aliphatic carbocycles. The molecular weight excluding hydrogens is 769 g/mol. The quantitative estimate of drug-likeness (QED) is 0.0870. The molecule has 17 heteroatoms. The molecule has 0 aliphatic heterocycles. The molecule has 2 aromatic carbocycles. The topological polar surface area (TPSA) is 77.7 Å². The zero-order chi connectivity index (χ0) is 31.3. The summed E-state index contributed by atoms with van der Waals surface area (Å²) in [6, 6.07) is 23.1. The average Bonchev–Trinajstić information content (AvgIpc) is 2.88. The first-order valence-electron chi connectivity index (χ1n) is 11.3. The van der Waals surface area contributed by atoms with Gasteiger partial charge in [0, 0.05) is 47.1 Å². The molecule has 0 fully saturated rings. The van der Waals surface area contributed by atoms with Crippen LogP contribution in [0.4, 0.5) is 0 Å². The van der Waals surface area contributed by atoms with Gasteiger partial charge in [0.15, 0.2) is 0 Å². The van der Waals surface area contributed by atoms with E-state index in [2.05, 4.69) is 48.7 Å². The van der Waals surface area contributed by atoms with E-state index in [1.807, 2.05) is 60.7 Å². The van der Waals surface area contributed by atoms with Gasteiger partial charge in [0.1, 0.15) is 5.15 Å². The normalized spacial score (nSPS) is 12.3. The van der Waals surface area contributed by atoms with E-state index in [1.54, 1.807) is 36.1 Å². The molecule has 42 heavy (non-hydrogen) atoms. The molecule has 6 aromatic rings. The fraction of sp³-hybridized carbons (Fsp3) is 0.0400. The molecule has 0 spiro atoms. The Morgan fingerprint density at radius 1 is 0.667 bits per heavy atom. The summed E-state index contributed by atoms with van der Waals surface area (Å²) in [6.07, 6.45) is 3.52. The number of nitrogens with zero attached hydrogens (tertiary/aromatic N) is 4. The second kappa shape index (κ2) is 14.5. The van der Waals surface area contributed by atoms with Crippen LogP contribution in [0.1, 0.15) is 0 Å². The second-order valence-electron chi connectivity index (χ2n) is 8.19. The van der Waals surface area contributed by atoms with E-state index in [0.717, 1.165) is 43.6 Å². The first kappa shape index (κ1) is 35.6. The van der Waals surface area contributed by atoms with Gasteiger partial charge in [-0.2, -0.15) is 0 Å². The van der Waals surface area contributed by atoms with Crippen molar-refractivity contribution in [1.29, 1.82) is 0 Å². The van der Waals surface area contributed by atoms with Gasteiger partial charge in [-0.25, -0.2) is 4.98 Å². The summed E-state index contributed by atoms with van der Waals surface area (Å²) in [6.45, 7) is 0. The molecule has 222 valence electrons. The minimum Gasteiger partial charge on any atom is -0.309 e. The van der Waals surface area contributed by atoms with Crippen molar-refractivity contribution in [3.05, 3.63) is 101 Å². The Hall–Kier alpha value is -0.850. The van der Waals surface area contributed by atoms with Crippen molar-refractivity contribution in [2.45, 2.75) is 0 Å². The van der Waals surface area contributed by atoms with Crippen molar-refractivity contribution in [1.82, 2.24) is 19.5 Å². The van der Waals surface area contributed by atoms with Gasteiger partial charge < -0.3 is 4.57 Å². The van der Waals surface area contributed by atoms with Gasteiger partial charge in [0.05, 0.1) is 22.1 Å². The maximum Gasteiger partial charge on any atom is 0.339 e. The van der Waals surface area contributed by atoms with Crippen LogP contribution in [0.25, 0.3) is 43.6 Å². The van der Waals surface area contributed by atoms with Crippen molar-refractivity contribution in [2.24, 2.45) is 7.05 Å². The van der Waals surface area contributed by atoms with Crippen molar-refractivity contribution >= 4 is 154 Å².